The Bertz CT molecular complexity index is 804. The van der Waals surface area contributed by atoms with E-state index in [-0.39, 0.29) is 10.9 Å². The number of nitrogens with one attached hydrogen (secondary N) is 3. The molecule has 0 amide bonds. The second-order valence-corrected chi connectivity index (χ2v) is 9.56. The standard InChI is InChI=1S/C19H29N5O2S2/c1-21-19(27)22-12-11-15-7-9-17(10-8-15)28(25,26)24-14-13-23(18(24)20)16-5-3-2-4-6-16/h7-10,16,20H,2-6,11-14H2,1H3,(H2,21,22,27). The lowest BCUT2D eigenvalue weighted by Gasteiger charge is -2.32. The molecule has 1 saturated heterocycles. The van der Waals surface area contributed by atoms with Gasteiger partial charge in [-0.3, -0.25) is 5.41 Å². The highest BCUT2D eigenvalue weighted by Crippen LogP contribution is 2.28. The second-order valence-electron chi connectivity index (χ2n) is 7.29. The van der Waals surface area contributed by atoms with E-state index in [1.54, 1.807) is 19.2 Å². The van der Waals surface area contributed by atoms with Gasteiger partial charge in [-0.1, -0.05) is 31.4 Å². The largest absolute Gasteiger partial charge is 0.366 e. The maximum absolute atomic E-state index is 13.0. The van der Waals surface area contributed by atoms with Crippen LogP contribution in [-0.2, 0) is 16.4 Å². The zero-order valence-corrected chi connectivity index (χ0v) is 17.9. The van der Waals surface area contributed by atoms with Crippen LogP contribution in [0.15, 0.2) is 29.2 Å². The van der Waals surface area contributed by atoms with Crippen LogP contribution in [0.3, 0.4) is 0 Å². The van der Waals surface area contributed by atoms with E-state index < -0.39 is 10.0 Å². The number of sulfonamides is 1. The lowest BCUT2D eigenvalue weighted by molar-refractivity contribution is 0.260. The maximum Gasteiger partial charge on any atom is 0.266 e. The van der Waals surface area contributed by atoms with Crippen LogP contribution in [0.2, 0.25) is 0 Å². The van der Waals surface area contributed by atoms with Crippen LogP contribution >= 0.6 is 12.2 Å². The van der Waals surface area contributed by atoms with Crippen molar-refractivity contribution in [2.45, 2.75) is 49.5 Å². The number of nitrogens with zero attached hydrogens (tertiary/aromatic N) is 2. The van der Waals surface area contributed by atoms with Crippen LogP contribution in [-0.4, -0.2) is 61.4 Å². The molecule has 0 unspecified atom stereocenters. The first-order chi connectivity index (χ1) is 13.4. The van der Waals surface area contributed by atoms with Crippen molar-refractivity contribution in [2.24, 2.45) is 0 Å². The fourth-order valence-electron chi connectivity index (χ4n) is 3.90. The van der Waals surface area contributed by atoms with Crippen molar-refractivity contribution < 1.29 is 8.42 Å². The molecular weight excluding hydrogens is 394 g/mol. The van der Waals surface area contributed by atoms with Crippen molar-refractivity contribution >= 4 is 33.3 Å². The molecule has 2 fully saturated rings. The number of hydrogen-bond acceptors (Lipinski definition) is 4. The summed E-state index contributed by atoms with van der Waals surface area (Å²) in [6, 6.07) is 7.24. The third-order valence-electron chi connectivity index (χ3n) is 5.51. The Labute approximate surface area is 173 Å². The van der Waals surface area contributed by atoms with Crippen LogP contribution in [0.4, 0.5) is 0 Å². The molecule has 2 aliphatic rings. The van der Waals surface area contributed by atoms with Gasteiger partial charge in [-0.05, 0) is 49.2 Å². The summed E-state index contributed by atoms with van der Waals surface area (Å²) in [5.41, 5.74) is 1.03. The third-order valence-corrected chi connectivity index (χ3v) is 7.66. The van der Waals surface area contributed by atoms with E-state index in [2.05, 4.69) is 10.6 Å². The van der Waals surface area contributed by atoms with Crippen LogP contribution in [0, 0.1) is 5.41 Å². The Morgan fingerprint density at radius 2 is 1.86 bits per heavy atom. The van der Waals surface area contributed by atoms with Crippen LogP contribution in [0.1, 0.15) is 37.7 Å². The molecule has 1 aliphatic heterocycles. The molecular formula is C19H29N5O2S2. The summed E-state index contributed by atoms with van der Waals surface area (Å²) in [4.78, 5) is 2.21. The van der Waals surface area contributed by atoms with Gasteiger partial charge in [0.2, 0.25) is 5.96 Å². The first-order valence-electron chi connectivity index (χ1n) is 9.86. The predicted molar refractivity (Wildman–Crippen MR) is 115 cm³/mol. The highest BCUT2D eigenvalue weighted by atomic mass is 32.2. The second kappa shape index (κ2) is 9.09. The Kier molecular flexibility index (Phi) is 6.77. The predicted octanol–water partition coefficient (Wildman–Crippen LogP) is 1.90. The number of benzene rings is 1. The SMILES string of the molecule is CNC(=S)NCCc1ccc(S(=O)(=O)N2CCN(C3CCCCC3)C2=N)cc1. The normalized spacial score (nSPS) is 18.4. The van der Waals surface area contributed by atoms with E-state index in [4.69, 9.17) is 17.6 Å². The molecule has 1 heterocycles. The maximum atomic E-state index is 13.0. The summed E-state index contributed by atoms with van der Waals surface area (Å²) in [6.45, 7) is 1.64. The molecule has 154 valence electrons. The molecule has 7 nitrogen and oxygen atoms in total. The molecule has 3 rings (SSSR count). The molecule has 0 aromatic heterocycles. The zero-order valence-electron chi connectivity index (χ0n) is 16.3. The fourth-order valence-corrected chi connectivity index (χ4v) is 5.39. The topological polar surface area (TPSA) is 88.5 Å². The molecule has 3 N–H and O–H groups in total. The molecule has 0 atom stereocenters. The molecule has 1 aromatic rings. The molecule has 0 radical (unpaired) electrons. The van der Waals surface area contributed by atoms with Crippen molar-refractivity contribution in [1.82, 2.24) is 19.8 Å². The summed E-state index contributed by atoms with van der Waals surface area (Å²) in [5, 5.41) is 15.0. The average molecular weight is 424 g/mol. The van der Waals surface area contributed by atoms with Crippen LogP contribution in [0.25, 0.3) is 0 Å². The minimum absolute atomic E-state index is 0.126. The zero-order chi connectivity index (χ0) is 20.1. The molecule has 28 heavy (non-hydrogen) atoms. The van der Waals surface area contributed by atoms with Gasteiger partial charge in [-0.15, -0.1) is 0 Å². The number of thiocarbonyl (C=S) groups is 1. The lowest BCUT2D eigenvalue weighted by atomic mass is 9.94. The van der Waals surface area contributed by atoms with Crippen LogP contribution < -0.4 is 10.6 Å². The fraction of sp³-hybridized carbons (Fsp3) is 0.579. The first-order valence-corrected chi connectivity index (χ1v) is 11.7. The quantitative estimate of drug-likeness (QED) is 0.606. The Hall–Kier alpha value is -1.87. The van der Waals surface area contributed by atoms with Gasteiger partial charge >= 0.3 is 0 Å². The Morgan fingerprint density at radius 1 is 1.18 bits per heavy atom. The Balaban J connectivity index is 1.64. The monoisotopic (exact) mass is 423 g/mol. The van der Waals surface area contributed by atoms with Gasteiger partial charge in [0.25, 0.3) is 10.0 Å². The summed E-state index contributed by atoms with van der Waals surface area (Å²) >= 11 is 5.04. The molecule has 1 aromatic carbocycles. The minimum atomic E-state index is -3.69. The van der Waals surface area contributed by atoms with Gasteiger partial charge < -0.3 is 15.5 Å². The third kappa shape index (κ3) is 4.57. The number of rotatable bonds is 6. The number of hydrogen-bond donors (Lipinski definition) is 3. The summed E-state index contributed by atoms with van der Waals surface area (Å²) in [7, 11) is -1.93. The van der Waals surface area contributed by atoms with Crippen molar-refractivity contribution in [2.75, 3.05) is 26.7 Å². The van der Waals surface area contributed by atoms with E-state index >= 15 is 0 Å². The van der Waals surface area contributed by atoms with Crippen molar-refractivity contribution in [3.63, 3.8) is 0 Å². The van der Waals surface area contributed by atoms with Crippen molar-refractivity contribution in [1.29, 1.82) is 5.41 Å². The molecule has 9 heteroatoms. The summed E-state index contributed by atoms with van der Waals surface area (Å²) in [5.74, 6) is 0.126. The van der Waals surface area contributed by atoms with E-state index in [0.29, 0.717) is 30.8 Å². The minimum Gasteiger partial charge on any atom is -0.366 e. The molecule has 0 spiro atoms. The average Bonchev–Trinajstić information content (AvgIpc) is 3.11. The van der Waals surface area contributed by atoms with E-state index in [9.17, 15) is 8.42 Å². The summed E-state index contributed by atoms with van der Waals surface area (Å²) < 4.78 is 27.3. The van der Waals surface area contributed by atoms with Gasteiger partial charge in [0.05, 0.1) is 11.4 Å². The molecule has 0 bridgehead atoms. The van der Waals surface area contributed by atoms with Gasteiger partial charge in [0.1, 0.15) is 0 Å². The van der Waals surface area contributed by atoms with Gasteiger partial charge in [-0.2, -0.15) is 0 Å². The van der Waals surface area contributed by atoms with Crippen LogP contribution in [0.5, 0.6) is 0 Å². The van der Waals surface area contributed by atoms with E-state index in [0.717, 1.165) is 37.7 Å². The lowest BCUT2D eigenvalue weighted by Crippen LogP contribution is -2.42. The van der Waals surface area contributed by atoms with Gasteiger partial charge in [0.15, 0.2) is 5.11 Å². The van der Waals surface area contributed by atoms with Gasteiger partial charge in [0, 0.05) is 26.2 Å². The van der Waals surface area contributed by atoms with Gasteiger partial charge in [-0.25, -0.2) is 12.7 Å². The van der Waals surface area contributed by atoms with Crippen molar-refractivity contribution in [3.05, 3.63) is 29.8 Å². The highest BCUT2D eigenvalue weighted by molar-refractivity contribution is 7.89. The highest BCUT2D eigenvalue weighted by Gasteiger charge is 2.38. The molecule has 1 aliphatic carbocycles. The summed E-state index contributed by atoms with van der Waals surface area (Å²) in [6.07, 6.45) is 6.42. The van der Waals surface area contributed by atoms with Crippen molar-refractivity contribution in [3.8, 4) is 0 Å². The first kappa shape index (κ1) is 20.9. The smallest absolute Gasteiger partial charge is 0.266 e. The van der Waals surface area contributed by atoms with E-state index in [1.807, 2.05) is 17.0 Å². The molecule has 1 saturated carbocycles. The number of guanidine groups is 1. The Morgan fingerprint density at radius 3 is 2.50 bits per heavy atom. The van der Waals surface area contributed by atoms with E-state index in [1.165, 1.54) is 10.7 Å².